The van der Waals surface area contributed by atoms with Crippen LogP contribution in [0.1, 0.15) is 24.2 Å². The number of piperidine rings is 1. The highest BCUT2D eigenvalue weighted by atomic mass is 35.5. The molecule has 8 nitrogen and oxygen atoms in total. The van der Waals surface area contributed by atoms with Crippen LogP contribution in [0.4, 0.5) is 0 Å². The van der Waals surface area contributed by atoms with Crippen molar-refractivity contribution in [1.82, 2.24) is 20.2 Å². The molecule has 3 N–H and O–H groups in total. The first kappa shape index (κ1) is 27.0. The Morgan fingerprint density at radius 3 is 2.59 bits per heavy atom. The summed E-state index contributed by atoms with van der Waals surface area (Å²) in [5.74, 6) is -1.53. The van der Waals surface area contributed by atoms with Gasteiger partial charge in [-0.3, -0.25) is 9.59 Å². The van der Waals surface area contributed by atoms with Gasteiger partial charge >= 0.3 is 5.97 Å². The Morgan fingerprint density at radius 1 is 1.19 bits per heavy atom. The monoisotopic (exact) mass is 560 g/mol. The second-order valence-corrected chi connectivity index (χ2v) is 10.3. The number of H-pyrrole nitrogens is 1. The molecule has 0 aliphatic carbocycles. The molecule has 37 heavy (non-hydrogen) atoms. The fourth-order valence-corrected chi connectivity index (χ4v) is 5.42. The van der Waals surface area contributed by atoms with Crippen LogP contribution in [0.5, 0.6) is 0 Å². The number of aromatic amines is 1. The van der Waals surface area contributed by atoms with E-state index in [9.17, 15) is 19.5 Å². The zero-order chi connectivity index (χ0) is 26.5. The number of nitrogens with zero attached hydrogens (tertiary/aromatic N) is 2. The van der Waals surface area contributed by atoms with Crippen molar-refractivity contribution in [1.29, 1.82) is 0 Å². The van der Waals surface area contributed by atoms with E-state index in [0.29, 0.717) is 47.4 Å². The number of carbonyl (C=O) groups excluding carboxylic acids is 2. The quantitative estimate of drug-likeness (QED) is 0.272. The summed E-state index contributed by atoms with van der Waals surface area (Å²) in [6, 6.07) is 9.96. The van der Waals surface area contributed by atoms with E-state index in [-0.39, 0.29) is 24.2 Å². The highest BCUT2D eigenvalue weighted by Crippen LogP contribution is 2.35. The Balaban J connectivity index is 1.31. The molecule has 4 rings (SSSR count). The molecule has 1 atom stereocenters. The van der Waals surface area contributed by atoms with E-state index in [4.69, 9.17) is 23.2 Å². The number of benzene rings is 2. The molecule has 2 aromatic carbocycles. The zero-order valence-corrected chi connectivity index (χ0v) is 22.4. The van der Waals surface area contributed by atoms with Crippen molar-refractivity contribution < 1.29 is 19.5 Å². The van der Waals surface area contributed by atoms with Gasteiger partial charge in [0.1, 0.15) is 11.9 Å². The van der Waals surface area contributed by atoms with Crippen LogP contribution < -0.4 is 5.32 Å². The van der Waals surface area contributed by atoms with E-state index >= 15 is 0 Å². The Morgan fingerprint density at radius 2 is 1.92 bits per heavy atom. The van der Waals surface area contributed by atoms with Crippen LogP contribution in [-0.4, -0.2) is 63.1 Å². The predicted octanol–water partition coefficient (Wildman–Crippen LogP) is 4.66. The fraction of sp³-hybridized carbons (Fsp3) is 0.308. The molecule has 1 unspecified atom stereocenters. The Kier molecular flexibility index (Phi) is 8.79. The molecule has 1 saturated heterocycles. The van der Waals surface area contributed by atoms with Crippen LogP contribution in [0, 0.1) is 5.92 Å². The number of carboxylic acid groups (broad SMARTS) is 1. The van der Waals surface area contributed by atoms with Crippen molar-refractivity contribution in [2.24, 2.45) is 5.92 Å². The number of thioether (sulfide) groups is 1. The van der Waals surface area contributed by atoms with Crippen molar-refractivity contribution in [2.45, 2.75) is 30.2 Å². The number of fused-ring (bicyclic) bond motifs is 1. The summed E-state index contributed by atoms with van der Waals surface area (Å²) >= 11 is 14.1. The maximum Gasteiger partial charge on any atom is 0.326 e. The van der Waals surface area contributed by atoms with Crippen molar-refractivity contribution in [3.63, 3.8) is 0 Å². The topological polar surface area (TPSA) is 115 Å². The molecular weight excluding hydrogens is 535 g/mol. The highest BCUT2D eigenvalue weighted by Gasteiger charge is 2.30. The van der Waals surface area contributed by atoms with Gasteiger partial charge in [-0.1, -0.05) is 41.4 Å². The largest absolute Gasteiger partial charge is 0.480 e. The smallest absolute Gasteiger partial charge is 0.326 e. The Hall–Kier alpha value is -3.01. The molecule has 0 radical (unpaired) electrons. The minimum atomic E-state index is -1.13. The third kappa shape index (κ3) is 6.47. The third-order valence-electron chi connectivity index (χ3n) is 6.33. The zero-order valence-electron chi connectivity index (χ0n) is 20.0. The number of likely N-dealkylation sites (tertiary alicyclic amines) is 1. The number of aromatic nitrogens is 2. The molecule has 0 bridgehead atoms. The van der Waals surface area contributed by atoms with Crippen LogP contribution in [0.3, 0.4) is 0 Å². The summed E-state index contributed by atoms with van der Waals surface area (Å²) in [6.07, 6.45) is 5.92. The number of amides is 2. The van der Waals surface area contributed by atoms with Crippen LogP contribution in [0.2, 0.25) is 10.0 Å². The summed E-state index contributed by atoms with van der Waals surface area (Å²) in [7, 11) is 0. The number of carboxylic acids is 1. The van der Waals surface area contributed by atoms with Crippen molar-refractivity contribution in [2.75, 3.05) is 19.3 Å². The number of nitrogens with one attached hydrogen (secondary N) is 2. The lowest BCUT2D eigenvalue weighted by molar-refractivity contribution is -0.142. The summed E-state index contributed by atoms with van der Waals surface area (Å²) in [5, 5.41) is 13.1. The lowest BCUT2D eigenvalue weighted by atomic mass is 9.95. The first-order valence-corrected chi connectivity index (χ1v) is 13.7. The van der Waals surface area contributed by atoms with E-state index in [1.165, 1.54) is 17.8 Å². The predicted molar refractivity (Wildman–Crippen MR) is 146 cm³/mol. The summed E-state index contributed by atoms with van der Waals surface area (Å²) in [4.78, 5) is 47.3. The Bertz CT molecular complexity index is 1320. The van der Waals surface area contributed by atoms with Gasteiger partial charge in [0.15, 0.2) is 0 Å². The van der Waals surface area contributed by atoms with Gasteiger partial charge in [-0.2, -0.15) is 0 Å². The standard InChI is InChI=1S/C26H26Cl2N4O4S/c1-37-20-8-6-15(23(27)24(20)28)7-9-22(33)32-12-10-16(11-13-32)25(34)31-19(26(35)36)14-21-29-17-4-2-3-5-18(17)30-21/h2-9,16,19H,10-14H2,1H3,(H,29,30)(H,31,34)(H,35,36). The van der Waals surface area contributed by atoms with Crippen molar-refractivity contribution >= 4 is 69.9 Å². The van der Waals surface area contributed by atoms with Gasteiger partial charge < -0.3 is 20.3 Å². The number of aliphatic carboxylic acids is 1. The number of imidazole rings is 1. The van der Waals surface area contributed by atoms with Crippen LogP contribution in [-0.2, 0) is 20.8 Å². The molecule has 0 spiro atoms. The number of hydrogen-bond acceptors (Lipinski definition) is 5. The van der Waals surface area contributed by atoms with Crippen LogP contribution >= 0.6 is 35.0 Å². The number of carbonyl (C=O) groups is 3. The number of para-hydroxylation sites is 2. The third-order valence-corrected chi connectivity index (χ3v) is 8.12. The highest BCUT2D eigenvalue weighted by molar-refractivity contribution is 7.98. The van der Waals surface area contributed by atoms with Gasteiger partial charge in [0.05, 0.1) is 21.1 Å². The molecule has 3 aromatic rings. The van der Waals surface area contributed by atoms with Gasteiger partial charge in [-0.25, -0.2) is 9.78 Å². The second kappa shape index (κ2) is 12.0. The molecule has 1 aliphatic rings. The van der Waals surface area contributed by atoms with E-state index < -0.39 is 12.0 Å². The maximum atomic E-state index is 12.8. The van der Waals surface area contributed by atoms with E-state index in [1.54, 1.807) is 11.0 Å². The lowest BCUT2D eigenvalue weighted by Crippen LogP contribution is -2.48. The average Bonchev–Trinajstić information content (AvgIpc) is 3.31. The molecule has 2 heterocycles. The molecule has 1 aromatic heterocycles. The maximum absolute atomic E-state index is 12.8. The van der Waals surface area contributed by atoms with Crippen LogP contribution in [0.25, 0.3) is 17.1 Å². The normalized spacial score (nSPS) is 15.3. The summed E-state index contributed by atoms with van der Waals surface area (Å²) in [5.41, 5.74) is 2.19. The van der Waals surface area contributed by atoms with Crippen LogP contribution in [0.15, 0.2) is 47.4 Å². The summed E-state index contributed by atoms with van der Waals surface area (Å²) < 4.78 is 0. The van der Waals surface area contributed by atoms with Crippen molar-refractivity contribution in [3.05, 3.63) is 63.9 Å². The molecule has 194 valence electrons. The Labute approximate surface area is 228 Å². The lowest BCUT2D eigenvalue weighted by Gasteiger charge is -2.31. The first-order chi connectivity index (χ1) is 17.8. The number of hydrogen-bond donors (Lipinski definition) is 3. The van der Waals surface area contributed by atoms with Gasteiger partial charge in [0, 0.05) is 36.4 Å². The SMILES string of the molecule is CSc1ccc(C=CC(=O)N2CCC(C(=O)NC(Cc3nc4ccccc4[nH]3)C(=O)O)CC2)c(Cl)c1Cl. The second-order valence-electron chi connectivity index (χ2n) is 8.72. The van der Waals surface area contributed by atoms with Gasteiger partial charge in [0.2, 0.25) is 11.8 Å². The van der Waals surface area contributed by atoms with Gasteiger partial charge in [0.25, 0.3) is 0 Å². The number of halogens is 2. The minimum Gasteiger partial charge on any atom is -0.480 e. The summed E-state index contributed by atoms with van der Waals surface area (Å²) in [6.45, 7) is 0.783. The molecule has 1 aliphatic heterocycles. The molecular formula is C26H26Cl2N4O4S. The average molecular weight is 561 g/mol. The number of rotatable bonds is 8. The molecule has 2 amide bonds. The minimum absolute atomic E-state index is 0.0440. The van der Waals surface area contributed by atoms with Gasteiger partial charge in [-0.05, 0) is 48.9 Å². The van der Waals surface area contributed by atoms with E-state index in [2.05, 4.69) is 15.3 Å². The molecule has 1 fully saturated rings. The molecule has 11 heteroatoms. The van der Waals surface area contributed by atoms with E-state index in [0.717, 1.165) is 15.9 Å². The van der Waals surface area contributed by atoms with Gasteiger partial charge in [-0.15, -0.1) is 11.8 Å². The van der Waals surface area contributed by atoms with Crippen molar-refractivity contribution in [3.8, 4) is 0 Å². The fourth-order valence-electron chi connectivity index (χ4n) is 4.25. The van der Waals surface area contributed by atoms with E-state index in [1.807, 2.05) is 42.7 Å². The first-order valence-electron chi connectivity index (χ1n) is 11.7. The molecule has 0 saturated carbocycles.